The van der Waals surface area contributed by atoms with Gasteiger partial charge in [-0.05, 0) is 32.6 Å². The summed E-state index contributed by atoms with van der Waals surface area (Å²) in [7, 11) is 0. The van der Waals surface area contributed by atoms with Crippen molar-refractivity contribution < 1.29 is 9.32 Å². The number of likely N-dealkylation sites (tertiary alicyclic amines) is 1. The lowest BCUT2D eigenvalue weighted by Crippen LogP contribution is -2.33. The van der Waals surface area contributed by atoms with E-state index in [2.05, 4.69) is 20.4 Å². The molecule has 1 amide bonds. The molecule has 2 fully saturated rings. The highest BCUT2D eigenvalue weighted by molar-refractivity contribution is 5.96. The van der Waals surface area contributed by atoms with Gasteiger partial charge in [-0.15, -0.1) is 0 Å². The quantitative estimate of drug-likeness (QED) is 0.929. The molecule has 2 aliphatic rings. The number of hydrogen-bond acceptors (Lipinski definition) is 6. The van der Waals surface area contributed by atoms with Crippen LogP contribution in [0.25, 0.3) is 0 Å². The Balaban J connectivity index is 1.47. The number of nitrogens with zero attached hydrogens (tertiary/aromatic N) is 4. The Kier molecular flexibility index (Phi) is 3.70. The van der Waals surface area contributed by atoms with E-state index in [1.54, 1.807) is 25.5 Å². The van der Waals surface area contributed by atoms with Gasteiger partial charge in [0.25, 0.3) is 5.91 Å². The number of fused-ring (bicyclic) bond motifs is 1. The fourth-order valence-corrected chi connectivity index (χ4v) is 4.12. The average molecular weight is 327 g/mol. The summed E-state index contributed by atoms with van der Waals surface area (Å²) in [5.41, 5.74) is 1.29. The molecule has 1 saturated carbocycles. The number of nitrogens with one attached hydrogen (secondary N) is 1. The molecule has 0 radical (unpaired) electrons. The third-order valence-electron chi connectivity index (χ3n) is 5.29. The number of aromatic nitrogens is 3. The molecular formula is C17H21N5O2. The molecule has 1 N–H and O–H groups in total. The molecular weight excluding hydrogens is 306 g/mol. The van der Waals surface area contributed by atoms with Crippen molar-refractivity contribution in [3.63, 3.8) is 0 Å². The lowest BCUT2D eigenvalue weighted by molar-refractivity contribution is 0.0777. The number of carbonyl (C=O) groups excluding carboxylic acids is 1. The molecule has 0 bridgehead atoms. The van der Waals surface area contributed by atoms with E-state index in [1.807, 2.05) is 11.8 Å². The van der Waals surface area contributed by atoms with Crippen LogP contribution in [0.5, 0.6) is 0 Å². The van der Waals surface area contributed by atoms with Gasteiger partial charge in [-0.2, -0.15) is 0 Å². The Labute approximate surface area is 140 Å². The van der Waals surface area contributed by atoms with E-state index in [1.165, 1.54) is 0 Å². The maximum atomic E-state index is 12.8. The van der Waals surface area contributed by atoms with Crippen LogP contribution in [0.3, 0.4) is 0 Å². The first kappa shape index (κ1) is 15.1. The highest BCUT2D eigenvalue weighted by Crippen LogP contribution is 2.40. The second-order valence-corrected chi connectivity index (χ2v) is 6.75. The van der Waals surface area contributed by atoms with Crippen LogP contribution in [0.4, 0.5) is 5.82 Å². The van der Waals surface area contributed by atoms with Gasteiger partial charge < -0.3 is 14.7 Å². The first-order chi connectivity index (χ1) is 11.6. The number of carbonyl (C=O) groups is 1. The monoisotopic (exact) mass is 327 g/mol. The number of aryl methyl sites for hydroxylation is 2. The topological polar surface area (TPSA) is 84.2 Å². The van der Waals surface area contributed by atoms with E-state index in [-0.39, 0.29) is 5.91 Å². The van der Waals surface area contributed by atoms with E-state index in [0.29, 0.717) is 34.9 Å². The SMILES string of the molecule is Cc1noc(C)c1C(=O)N1C[C@H]2CC[C@@H](Nc3cnccn3)[C@H]2C1. The van der Waals surface area contributed by atoms with Crippen molar-refractivity contribution in [2.75, 3.05) is 18.4 Å². The largest absolute Gasteiger partial charge is 0.366 e. The van der Waals surface area contributed by atoms with Gasteiger partial charge in [0.05, 0.1) is 11.9 Å². The standard InChI is InChI=1S/C17H21N5O2/c1-10-16(11(2)24-21-10)17(23)22-8-12-3-4-14(13(12)9-22)20-15-7-18-5-6-19-15/h5-7,12-14H,3-4,8-9H2,1-2H3,(H,19,20)/t12-,13+,14-/m1/s1. The minimum Gasteiger partial charge on any atom is -0.366 e. The van der Waals surface area contributed by atoms with Crippen LogP contribution >= 0.6 is 0 Å². The summed E-state index contributed by atoms with van der Waals surface area (Å²) >= 11 is 0. The minimum absolute atomic E-state index is 0.0407. The fraction of sp³-hybridized carbons (Fsp3) is 0.529. The predicted molar refractivity (Wildman–Crippen MR) is 87.5 cm³/mol. The maximum absolute atomic E-state index is 12.8. The van der Waals surface area contributed by atoms with Crippen LogP contribution in [-0.2, 0) is 0 Å². The second kappa shape index (κ2) is 5.89. The van der Waals surface area contributed by atoms with E-state index in [9.17, 15) is 4.79 Å². The second-order valence-electron chi connectivity index (χ2n) is 6.75. The Bertz CT molecular complexity index is 725. The first-order valence-electron chi connectivity index (χ1n) is 8.38. The van der Waals surface area contributed by atoms with Crippen molar-refractivity contribution in [1.29, 1.82) is 0 Å². The van der Waals surface area contributed by atoms with E-state index in [4.69, 9.17) is 4.52 Å². The lowest BCUT2D eigenvalue weighted by Gasteiger charge is -2.22. The van der Waals surface area contributed by atoms with Crippen LogP contribution in [-0.4, -0.2) is 45.1 Å². The van der Waals surface area contributed by atoms with Gasteiger partial charge in [0.15, 0.2) is 0 Å². The zero-order valence-electron chi connectivity index (χ0n) is 13.9. The molecule has 1 aliphatic carbocycles. The smallest absolute Gasteiger partial charge is 0.259 e. The van der Waals surface area contributed by atoms with Gasteiger partial charge in [-0.25, -0.2) is 4.98 Å². The van der Waals surface area contributed by atoms with Crippen molar-refractivity contribution >= 4 is 11.7 Å². The first-order valence-corrected chi connectivity index (χ1v) is 8.38. The van der Waals surface area contributed by atoms with Crippen molar-refractivity contribution in [3.05, 3.63) is 35.6 Å². The van der Waals surface area contributed by atoms with Gasteiger partial charge >= 0.3 is 0 Å². The Morgan fingerprint density at radius 3 is 2.88 bits per heavy atom. The van der Waals surface area contributed by atoms with E-state index in [0.717, 1.165) is 31.7 Å². The van der Waals surface area contributed by atoms with Crippen LogP contribution in [0, 0.1) is 25.7 Å². The van der Waals surface area contributed by atoms with Gasteiger partial charge in [-0.3, -0.25) is 9.78 Å². The van der Waals surface area contributed by atoms with Gasteiger partial charge in [0, 0.05) is 37.4 Å². The van der Waals surface area contributed by atoms with Crippen molar-refractivity contribution in [3.8, 4) is 0 Å². The van der Waals surface area contributed by atoms with Crippen molar-refractivity contribution in [1.82, 2.24) is 20.0 Å². The third-order valence-corrected chi connectivity index (χ3v) is 5.29. The number of rotatable bonds is 3. The number of anilines is 1. The fourth-order valence-electron chi connectivity index (χ4n) is 4.12. The molecule has 4 rings (SSSR count). The summed E-state index contributed by atoms with van der Waals surface area (Å²) in [6, 6.07) is 0.342. The molecule has 0 spiro atoms. The molecule has 7 heteroatoms. The minimum atomic E-state index is 0.0407. The molecule has 0 aromatic carbocycles. The van der Waals surface area contributed by atoms with Gasteiger partial charge in [0.2, 0.25) is 0 Å². The average Bonchev–Trinajstić information content (AvgIpc) is 3.25. The summed E-state index contributed by atoms with van der Waals surface area (Å²) in [6.07, 6.45) is 7.35. The zero-order valence-corrected chi connectivity index (χ0v) is 13.9. The Hall–Kier alpha value is -2.44. The number of amides is 1. The molecule has 7 nitrogen and oxygen atoms in total. The van der Waals surface area contributed by atoms with Crippen LogP contribution in [0.15, 0.2) is 23.1 Å². The molecule has 2 aromatic heterocycles. The predicted octanol–water partition coefficient (Wildman–Crippen LogP) is 2.04. The summed E-state index contributed by atoms with van der Waals surface area (Å²) in [5.74, 6) is 2.45. The highest BCUT2D eigenvalue weighted by Gasteiger charge is 2.44. The van der Waals surface area contributed by atoms with Crippen molar-refractivity contribution in [2.24, 2.45) is 11.8 Å². The molecule has 1 saturated heterocycles. The van der Waals surface area contributed by atoms with Gasteiger partial charge in [-0.1, -0.05) is 5.16 Å². The summed E-state index contributed by atoms with van der Waals surface area (Å²) in [6.45, 7) is 5.19. The molecule has 0 unspecified atom stereocenters. The Morgan fingerprint density at radius 1 is 1.29 bits per heavy atom. The summed E-state index contributed by atoms with van der Waals surface area (Å²) in [5, 5.41) is 7.39. The number of hydrogen-bond donors (Lipinski definition) is 1. The highest BCUT2D eigenvalue weighted by atomic mass is 16.5. The molecule has 3 heterocycles. The molecule has 24 heavy (non-hydrogen) atoms. The maximum Gasteiger partial charge on any atom is 0.259 e. The lowest BCUT2D eigenvalue weighted by atomic mass is 9.98. The normalized spacial score (nSPS) is 25.8. The van der Waals surface area contributed by atoms with Crippen molar-refractivity contribution in [2.45, 2.75) is 32.7 Å². The Morgan fingerprint density at radius 2 is 2.17 bits per heavy atom. The van der Waals surface area contributed by atoms with Gasteiger partial charge in [0.1, 0.15) is 17.1 Å². The van der Waals surface area contributed by atoms with E-state index < -0.39 is 0 Å². The summed E-state index contributed by atoms with van der Waals surface area (Å²) in [4.78, 5) is 23.2. The van der Waals surface area contributed by atoms with Crippen LogP contribution < -0.4 is 5.32 Å². The molecule has 3 atom stereocenters. The van der Waals surface area contributed by atoms with Crippen LogP contribution in [0.2, 0.25) is 0 Å². The molecule has 126 valence electrons. The van der Waals surface area contributed by atoms with E-state index >= 15 is 0 Å². The molecule has 2 aromatic rings. The molecule has 1 aliphatic heterocycles. The van der Waals surface area contributed by atoms with Crippen LogP contribution in [0.1, 0.15) is 34.7 Å². The third kappa shape index (κ3) is 2.53. The zero-order chi connectivity index (χ0) is 16.7. The summed E-state index contributed by atoms with van der Waals surface area (Å²) < 4.78 is 5.15.